The summed E-state index contributed by atoms with van der Waals surface area (Å²) >= 11 is 0. The lowest BCUT2D eigenvalue weighted by molar-refractivity contribution is -0.123. The van der Waals surface area contributed by atoms with Gasteiger partial charge in [0.1, 0.15) is 18.1 Å². The van der Waals surface area contributed by atoms with Gasteiger partial charge in [-0.25, -0.2) is 9.67 Å². The molecule has 2 aromatic carbocycles. The molecule has 1 aromatic heterocycles. The molecular formula is C24H27N5O2. The van der Waals surface area contributed by atoms with Crippen molar-refractivity contribution in [3.63, 3.8) is 0 Å². The number of benzene rings is 2. The fourth-order valence-electron chi connectivity index (χ4n) is 4.59. The number of amides is 1. The third-order valence-corrected chi connectivity index (χ3v) is 6.35. The number of methoxy groups -OCH3 is 1. The van der Waals surface area contributed by atoms with Crippen LogP contribution in [0.5, 0.6) is 5.75 Å². The van der Waals surface area contributed by atoms with Gasteiger partial charge in [-0.05, 0) is 30.5 Å². The van der Waals surface area contributed by atoms with Crippen molar-refractivity contribution in [3.8, 4) is 17.1 Å². The normalized spacial score (nSPS) is 18.3. The van der Waals surface area contributed by atoms with E-state index in [4.69, 9.17) is 9.72 Å². The standard InChI is InChI=1S/C24H27N5O2/c1-31-20-9-7-18(8-10-20)16-28-13-11-24(12-14-28)15-21-25-23(19-5-3-2-4-6-19)27-29(21)17-22(30)26-24/h2-10H,11-17H2,1H3,(H,26,30). The molecule has 0 atom stereocenters. The topological polar surface area (TPSA) is 72.3 Å². The van der Waals surface area contributed by atoms with Crippen molar-refractivity contribution in [2.45, 2.75) is 37.9 Å². The number of nitrogens with one attached hydrogen (secondary N) is 1. The molecule has 1 amide bonds. The minimum absolute atomic E-state index is 0.0202. The van der Waals surface area contributed by atoms with Crippen molar-refractivity contribution in [1.82, 2.24) is 25.0 Å². The molecule has 1 saturated heterocycles. The predicted octanol–water partition coefficient (Wildman–Crippen LogP) is 2.66. The Labute approximate surface area is 182 Å². The number of aromatic nitrogens is 3. The van der Waals surface area contributed by atoms with Crippen LogP contribution in [0.3, 0.4) is 0 Å². The molecule has 5 rings (SSSR count). The molecule has 3 heterocycles. The molecule has 160 valence electrons. The summed E-state index contributed by atoms with van der Waals surface area (Å²) in [6.45, 7) is 3.01. The first-order valence-corrected chi connectivity index (χ1v) is 10.8. The predicted molar refractivity (Wildman–Crippen MR) is 118 cm³/mol. The van der Waals surface area contributed by atoms with Crippen LogP contribution in [0.1, 0.15) is 24.2 Å². The molecule has 1 fully saturated rings. The van der Waals surface area contributed by atoms with E-state index in [1.54, 1.807) is 11.8 Å². The molecule has 0 unspecified atom stereocenters. The molecule has 0 saturated carbocycles. The number of likely N-dealkylation sites (tertiary alicyclic amines) is 1. The molecule has 31 heavy (non-hydrogen) atoms. The van der Waals surface area contributed by atoms with Crippen molar-refractivity contribution in [2.75, 3.05) is 20.2 Å². The van der Waals surface area contributed by atoms with E-state index in [0.29, 0.717) is 5.82 Å². The Balaban J connectivity index is 1.29. The SMILES string of the molecule is COc1ccc(CN2CCC3(CC2)Cc2nc(-c4ccccc4)nn2CC(=O)N3)cc1. The zero-order chi connectivity index (χ0) is 21.3. The van der Waals surface area contributed by atoms with Gasteiger partial charge < -0.3 is 10.1 Å². The van der Waals surface area contributed by atoms with Gasteiger partial charge >= 0.3 is 0 Å². The lowest BCUT2D eigenvalue weighted by Gasteiger charge is -2.41. The fourth-order valence-corrected chi connectivity index (χ4v) is 4.59. The van der Waals surface area contributed by atoms with Crippen LogP contribution >= 0.6 is 0 Å². The van der Waals surface area contributed by atoms with Crippen LogP contribution < -0.4 is 10.1 Å². The smallest absolute Gasteiger partial charge is 0.242 e. The lowest BCUT2D eigenvalue weighted by atomic mass is 9.84. The third kappa shape index (κ3) is 4.18. The maximum absolute atomic E-state index is 12.7. The van der Waals surface area contributed by atoms with Crippen LogP contribution in [0, 0.1) is 0 Å². The van der Waals surface area contributed by atoms with E-state index in [9.17, 15) is 4.79 Å². The summed E-state index contributed by atoms with van der Waals surface area (Å²) in [5, 5.41) is 7.92. The molecule has 7 nitrogen and oxygen atoms in total. The Kier molecular flexibility index (Phi) is 5.19. The number of piperidine rings is 1. The molecule has 0 aliphatic carbocycles. The number of carbonyl (C=O) groups is 1. The number of fused-ring (bicyclic) bond motifs is 1. The van der Waals surface area contributed by atoms with Gasteiger partial charge in [0.25, 0.3) is 0 Å². The summed E-state index contributed by atoms with van der Waals surface area (Å²) in [5.41, 5.74) is 2.00. The van der Waals surface area contributed by atoms with Crippen molar-refractivity contribution >= 4 is 5.91 Å². The van der Waals surface area contributed by atoms with Gasteiger partial charge in [-0.15, -0.1) is 0 Å². The number of hydrogen-bond donors (Lipinski definition) is 1. The van der Waals surface area contributed by atoms with Gasteiger partial charge in [-0.3, -0.25) is 9.69 Å². The molecule has 1 N–H and O–H groups in total. The monoisotopic (exact) mass is 417 g/mol. The van der Waals surface area contributed by atoms with Crippen LogP contribution in [0.25, 0.3) is 11.4 Å². The van der Waals surface area contributed by atoms with Gasteiger partial charge in [-0.2, -0.15) is 5.10 Å². The summed E-state index contributed by atoms with van der Waals surface area (Å²) < 4.78 is 7.02. The van der Waals surface area contributed by atoms with E-state index in [2.05, 4.69) is 27.4 Å². The third-order valence-electron chi connectivity index (χ3n) is 6.35. The Morgan fingerprint density at radius 1 is 1.06 bits per heavy atom. The Bertz CT molecular complexity index is 1050. The quantitative estimate of drug-likeness (QED) is 0.707. The van der Waals surface area contributed by atoms with Gasteiger partial charge in [-0.1, -0.05) is 42.5 Å². The van der Waals surface area contributed by atoms with Gasteiger partial charge in [0.05, 0.1) is 7.11 Å². The van der Waals surface area contributed by atoms with Crippen LogP contribution in [-0.2, 0) is 24.3 Å². The van der Waals surface area contributed by atoms with Gasteiger partial charge in [0.15, 0.2) is 5.82 Å². The Hall–Kier alpha value is -3.19. The summed E-state index contributed by atoms with van der Waals surface area (Å²) in [5.74, 6) is 2.48. The Morgan fingerprint density at radius 2 is 1.81 bits per heavy atom. The Morgan fingerprint density at radius 3 is 2.52 bits per heavy atom. The van der Waals surface area contributed by atoms with E-state index < -0.39 is 0 Å². The molecule has 0 bridgehead atoms. The van der Waals surface area contributed by atoms with Crippen molar-refractivity contribution < 1.29 is 9.53 Å². The zero-order valence-corrected chi connectivity index (χ0v) is 17.8. The second-order valence-corrected chi connectivity index (χ2v) is 8.50. The highest BCUT2D eigenvalue weighted by molar-refractivity contribution is 5.77. The molecular weight excluding hydrogens is 390 g/mol. The largest absolute Gasteiger partial charge is 0.497 e. The van der Waals surface area contributed by atoms with Crippen LogP contribution in [0.4, 0.5) is 0 Å². The zero-order valence-electron chi connectivity index (χ0n) is 17.8. The number of ether oxygens (including phenoxy) is 1. The second-order valence-electron chi connectivity index (χ2n) is 8.50. The minimum atomic E-state index is -0.247. The highest BCUT2D eigenvalue weighted by Crippen LogP contribution is 2.30. The first-order valence-electron chi connectivity index (χ1n) is 10.8. The summed E-state index contributed by atoms with van der Waals surface area (Å²) in [4.78, 5) is 19.9. The highest BCUT2D eigenvalue weighted by Gasteiger charge is 2.39. The van der Waals surface area contributed by atoms with E-state index >= 15 is 0 Å². The van der Waals surface area contributed by atoms with Crippen molar-refractivity contribution in [3.05, 3.63) is 66.0 Å². The first kappa shape index (κ1) is 19.8. The molecule has 2 aliphatic heterocycles. The number of rotatable bonds is 4. The van der Waals surface area contributed by atoms with Gasteiger partial charge in [0.2, 0.25) is 5.91 Å². The van der Waals surface area contributed by atoms with E-state index in [1.165, 1.54) is 5.56 Å². The van der Waals surface area contributed by atoms with E-state index in [-0.39, 0.29) is 18.0 Å². The fraction of sp³-hybridized carbons (Fsp3) is 0.375. The number of hydrogen-bond acceptors (Lipinski definition) is 5. The maximum atomic E-state index is 12.7. The summed E-state index contributed by atoms with van der Waals surface area (Å²) in [6.07, 6.45) is 2.53. The number of carbonyl (C=O) groups excluding carboxylic acids is 1. The highest BCUT2D eigenvalue weighted by atomic mass is 16.5. The average Bonchev–Trinajstić information content (AvgIpc) is 3.12. The minimum Gasteiger partial charge on any atom is -0.497 e. The molecule has 7 heteroatoms. The maximum Gasteiger partial charge on any atom is 0.242 e. The molecule has 1 spiro atoms. The summed E-state index contributed by atoms with van der Waals surface area (Å²) in [7, 11) is 1.68. The summed E-state index contributed by atoms with van der Waals surface area (Å²) in [6, 6.07) is 18.2. The number of nitrogens with zero attached hydrogens (tertiary/aromatic N) is 4. The van der Waals surface area contributed by atoms with Gasteiger partial charge in [0, 0.05) is 37.2 Å². The van der Waals surface area contributed by atoms with Crippen LogP contribution in [0.2, 0.25) is 0 Å². The van der Waals surface area contributed by atoms with Crippen LogP contribution in [0.15, 0.2) is 54.6 Å². The molecule has 0 radical (unpaired) electrons. The van der Waals surface area contributed by atoms with Crippen LogP contribution in [-0.4, -0.2) is 51.3 Å². The van der Waals surface area contributed by atoms with E-state index in [1.807, 2.05) is 42.5 Å². The molecule has 2 aliphatic rings. The van der Waals surface area contributed by atoms with Crippen molar-refractivity contribution in [1.29, 1.82) is 0 Å². The second kappa shape index (κ2) is 8.15. The first-order chi connectivity index (χ1) is 15.1. The van der Waals surface area contributed by atoms with E-state index in [0.717, 1.165) is 56.0 Å². The molecule has 3 aromatic rings. The average molecular weight is 418 g/mol. The van der Waals surface area contributed by atoms with Crippen molar-refractivity contribution in [2.24, 2.45) is 0 Å². The lowest BCUT2D eigenvalue weighted by Crippen LogP contribution is -2.56.